The Balaban J connectivity index is 1.48. The molecule has 1 unspecified atom stereocenters. The number of hydrazine groups is 1. The summed E-state index contributed by atoms with van der Waals surface area (Å²) >= 11 is 1.48. The molecular weight excluding hydrogens is 350 g/mol. The lowest BCUT2D eigenvalue weighted by atomic mass is 9.77. The minimum Gasteiger partial charge on any atom is -0.322 e. The van der Waals surface area contributed by atoms with Gasteiger partial charge in [-0.25, -0.2) is 4.79 Å². The van der Waals surface area contributed by atoms with Crippen molar-refractivity contribution >= 4 is 29.2 Å². The zero-order chi connectivity index (χ0) is 18.5. The van der Waals surface area contributed by atoms with Crippen molar-refractivity contribution < 1.29 is 14.4 Å². The van der Waals surface area contributed by atoms with Crippen LogP contribution in [-0.2, 0) is 17.6 Å². The van der Waals surface area contributed by atoms with Crippen molar-refractivity contribution in [1.29, 1.82) is 0 Å². The van der Waals surface area contributed by atoms with Gasteiger partial charge in [-0.3, -0.25) is 15.0 Å². The highest BCUT2D eigenvalue weighted by atomic mass is 32.1. The van der Waals surface area contributed by atoms with E-state index in [-0.39, 0.29) is 11.8 Å². The van der Waals surface area contributed by atoms with Gasteiger partial charge in [0.2, 0.25) is 0 Å². The standard InChI is InChI=1S/C19H25N3O3S/c1-11-5-7-19(8-6-11)17(24)22(18(25)20-19)21-16(23)15-10-13-9-12(2)3-4-14(13)26-15/h10-12H,3-9H2,1-2H3,(H,20,25)(H,21,23). The number of fused-ring (bicyclic) bond motifs is 1. The van der Waals surface area contributed by atoms with Gasteiger partial charge in [0.1, 0.15) is 5.54 Å². The number of amides is 4. The highest BCUT2D eigenvalue weighted by Crippen LogP contribution is 2.36. The molecular formula is C19H25N3O3S. The molecule has 0 aromatic carbocycles. The first-order chi connectivity index (χ1) is 12.4. The second-order valence-corrected chi connectivity index (χ2v) is 9.32. The molecule has 1 aromatic rings. The number of nitrogens with one attached hydrogen (secondary N) is 2. The number of rotatable bonds is 2. The minimum atomic E-state index is -0.832. The van der Waals surface area contributed by atoms with Crippen LogP contribution in [0.25, 0.3) is 0 Å². The molecule has 2 heterocycles. The maximum Gasteiger partial charge on any atom is 0.344 e. The van der Waals surface area contributed by atoms with E-state index in [1.54, 1.807) is 0 Å². The van der Waals surface area contributed by atoms with E-state index >= 15 is 0 Å². The van der Waals surface area contributed by atoms with E-state index in [0.29, 0.717) is 29.6 Å². The molecule has 0 bridgehead atoms. The third-order valence-corrected chi connectivity index (χ3v) is 7.29. The molecule has 3 aliphatic rings. The predicted molar refractivity (Wildman–Crippen MR) is 98.7 cm³/mol. The van der Waals surface area contributed by atoms with Crippen LogP contribution in [0.4, 0.5) is 4.79 Å². The summed E-state index contributed by atoms with van der Waals surface area (Å²) in [6.07, 6.45) is 6.21. The number of thiophene rings is 1. The van der Waals surface area contributed by atoms with Crippen LogP contribution in [0.1, 0.15) is 66.1 Å². The van der Waals surface area contributed by atoms with Crippen molar-refractivity contribution in [3.63, 3.8) is 0 Å². The van der Waals surface area contributed by atoms with Crippen LogP contribution in [-0.4, -0.2) is 28.4 Å². The highest BCUT2D eigenvalue weighted by molar-refractivity contribution is 7.14. The molecule has 6 nitrogen and oxygen atoms in total. The van der Waals surface area contributed by atoms with Crippen LogP contribution in [0.2, 0.25) is 0 Å². The number of hydrogen-bond donors (Lipinski definition) is 2. The van der Waals surface area contributed by atoms with Gasteiger partial charge in [-0.1, -0.05) is 13.8 Å². The fraction of sp³-hybridized carbons (Fsp3) is 0.632. The number of nitrogens with zero attached hydrogens (tertiary/aromatic N) is 1. The Morgan fingerprint density at radius 3 is 2.69 bits per heavy atom. The Bertz CT molecular complexity index is 764. The van der Waals surface area contributed by atoms with Gasteiger partial charge in [0.15, 0.2) is 0 Å². The second kappa shape index (κ2) is 6.37. The predicted octanol–water partition coefficient (Wildman–Crippen LogP) is 3.02. The smallest absolute Gasteiger partial charge is 0.322 e. The lowest BCUT2D eigenvalue weighted by Gasteiger charge is -2.33. The summed E-state index contributed by atoms with van der Waals surface area (Å²) in [4.78, 5) is 39.6. The van der Waals surface area contributed by atoms with Crippen LogP contribution in [0.15, 0.2) is 6.07 Å². The van der Waals surface area contributed by atoms with Gasteiger partial charge in [-0.05, 0) is 68.4 Å². The average molecular weight is 375 g/mol. The van der Waals surface area contributed by atoms with Gasteiger partial charge >= 0.3 is 6.03 Å². The molecule has 1 atom stereocenters. The van der Waals surface area contributed by atoms with Crippen molar-refractivity contribution in [3.8, 4) is 0 Å². The van der Waals surface area contributed by atoms with E-state index in [1.165, 1.54) is 21.8 Å². The Kier molecular flexibility index (Phi) is 4.29. The van der Waals surface area contributed by atoms with Crippen molar-refractivity contribution in [2.45, 2.75) is 64.3 Å². The molecule has 1 spiro atoms. The number of carbonyl (C=O) groups excluding carboxylic acids is 3. The number of hydrogen-bond acceptors (Lipinski definition) is 4. The fourth-order valence-electron chi connectivity index (χ4n) is 4.29. The summed E-state index contributed by atoms with van der Waals surface area (Å²) in [6, 6.07) is 1.40. The molecule has 0 radical (unpaired) electrons. The van der Waals surface area contributed by atoms with Gasteiger partial charge in [-0.2, -0.15) is 5.01 Å². The molecule has 1 aliphatic heterocycles. The first kappa shape index (κ1) is 17.5. The van der Waals surface area contributed by atoms with Crippen molar-refractivity contribution in [2.75, 3.05) is 0 Å². The summed E-state index contributed by atoms with van der Waals surface area (Å²) in [5.74, 6) is 0.501. The first-order valence-corrected chi connectivity index (χ1v) is 10.3. The number of urea groups is 1. The van der Waals surface area contributed by atoms with E-state index in [0.717, 1.165) is 37.1 Å². The maximum absolute atomic E-state index is 12.8. The minimum absolute atomic E-state index is 0.322. The van der Waals surface area contributed by atoms with Crippen molar-refractivity contribution in [3.05, 3.63) is 21.4 Å². The van der Waals surface area contributed by atoms with Gasteiger partial charge < -0.3 is 5.32 Å². The van der Waals surface area contributed by atoms with E-state index in [9.17, 15) is 14.4 Å². The molecule has 7 heteroatoms. The quantitative estimate of drug-likeness (QED) is 0.780. The summed E-state index contributed by atoms with van der Waals surface area (Å²) in [7, 11) is 0. The molecule has 1 aromatic heterocycles. The molecule has 1 saturated heterocycles. The summed E-state index contributed by atoms with van der Waals surface area (Å²) in [6.45, 7) is 4.38. The lowest BCUT2D eigenvalue weighted by molar-refractivity contribution is -0.134. The van der Waals surface area contributed by atoms with Gasteiger partial charge in [0.05, 0.1) is 4.88 Å². The largest absolute Gasteiger partial charge is 0.344 e. The monoisotopic (exact) mass is 375 g/mol. The zero-order valence-electron chi connectivity index (χ0n) is 15.3. The molecule has 140 valence electrons. The second-order valence-electron chi connectivity index (χ2n) is 8.18. The molecule has 1 saturated carbocycles. The Morgan fingerprint density at radius 2 is 1.96 bits per heavy atom. The Hall–Kier alpha value is -1.89. The van der Waals surface area contributed by atoms with Crippen molar-refractivity contribution in [1.82, 2.24) is 15.8 Å². The van der Waals surface area contributed by atoms with Crippen LogP contribution in [0.5, 0.6) is 0 Å². The normalized spacial score (nSPS) is 31.1. The van der Waals surface area contributed by atoms with Crippen LogP contribution in [0, 0.1) is 11.8 Å². The van der Waals surface area contributed by atoms with E-state index in [1.807, 2.05) is 6.07 Å². The third kappa shape index (κ3) is 2.92. The van der Waals surface area contributed by atoms with Crippen LogP contribution in [0.3, 0.4) is 0 Å². The first-order valence-electron chi connectivity index (χ1n) is 9.47. The van der Waals surface area contributed by atoms with E-state index in [4.69, 9.17) is 0 Å². The lowest BCUT2D eigenvalue weighted by Crippen LogP contribution is -2.51. The van der Waals surface area contributed by atoms with Crippen LogP contribution >= 0.6 is 11.3 Å². The molecule has 4 amide bonds. The Morgan fingerprint density at radius 1 is 1.23 bits per heavy atom. The van der Waals surface area contributed by atoms with E-state index < -0.39 is 11.6 Å². The van der Waals surface area contributed by atoms with Gasteiger partial charge in [0, 0.05) is 4.88 Å². The zero-order valence-corrected chi connectivity index (χ0v) is 16.1. The number of carbonyl (C=O) groups is 3. The maximum atomic E-state index is 12.8. The van der Waals surface area contributed by atoms with E-state index in [2.05, 4.69) is 24.6 Å². The third-order valence-electron chi connectivity index (χ3n) is 6.06. The summed E-state index contributed by atoms with van der Waals surface area (Å²) in [5, 5.41) is 3.72. The molecule has 26 heavy (non-hydrogen) atoms. The highest BCUT2D eigenvalue weighted by Gasteiger charge is 2.53. The SMILES string of the molecule is CC1CCC2(CC1)NC(=O)N(NC(=O)c1cc3c(s1)CCC(C)C3)C2=O. The summed E-state index contributed by atoms with van der Waals surface area (Å²) in [5.41, 5.74) is 2.94. The molecule has 2 N–H and O–H groups in total. The van der Waals surface area contributed by atoms with Crippen LogP contribution < -0.4 is 10.7 Å². The topological polar surface area (TPSA) is 78.5 Å². The van der Waals surface area contributed by atoms with Gasteiger partial charge in [-0.15, -0.1) is 11.3 Å². The number of aryl methyl sites for hydroxylation is 1. The fourth-order valence-corrected chi connectivity index (χ4v) is 5.39. The molecule has 2 fully saturated rings. The average Bonchev–Trinajstić information content (AvgIpc) is 3.12. The molecule has 4 rings (SSSR count). The Labute approximate surface area is 157 Å². The number of imide groups is 1. The summed E-state index contributed by atoms with van der Waals surface area (Å²) < 4.78 is 0. The van der Waals surface area contributed by atoms with Crippen molar-refractivity contribution in [2.24, 2.45) is 11.8 Å². The molecule has 2 aliphatic carbocycles. The van der Waals surface area contributed by atoms with Gasteiger partial charge in [0.25, 0.3) is 11.8 Å².